The van der Waals surface area contributed by atoms with Gasteiger partial charge in [0.25, 0.3) is 0 Å². The van der Waals surface area contributed by atoms with Gasteiger partial charge in [0.05, 0.1) is 12.5 Å². The van der Waals surface area contributed by atoms with E-state index in [0.29, 0.717) is 38.4 Å². The quantitative estimate of drug-likeness (QED) is 0.843. The van der Waals surface area contributed by atoms with Gasteiger partial charge in [0, 0.05) is 19.1 Å². The highest BCUT2D eigenvalue weighted by Gasteiger charge is 2.27. The van der Waals surface area contributed by atoms with Crippen LogP contribution in [0.1, 0.15) is 38.2 Å². The molecular formula is C18H26N2O3. The average Bonchev–Trinajstić information content (AvgIpc) is 2.59. The lowest BCUT2D eigenvalue weighted by molar-refractivity contribution is -0.145. The number of piperidine rings is 1. The van der Waals surface area contributed by atoms with Crippen molar-refractivity contribution >= 4 is 11.9 Å². The number of carbonyl (C=O) groups is 2. The van der Waals surface area contributed by atoms with Crippen molar-refractivity contribution in [1.29, 1.82) is 0 Å². The van der Waals surface area contributed by atoms with E-state index < -0.39 is 5.97 Å². The lowest BCUT2D eigenvalue weighted by Crippen LogP contribution is -2.46. The van der Waals surface area contributed by atoms with Gasteiger partial charge in [-0.25, -0.2) is 0 Å². The van der Waals surface area contributed by atoms with Crippen molar-refractivity contribution in [1.82, 2.24) is 10.2 Å². The third kappa shape index (κ3) is 4.79. The summed E-state index contributed by atoms with van der Waals surface area (Å²) in [4.78, 5) is 25.0. The number of amides is 1. The van der Waals surface area contributed by atoms with Crippen molar-refractivity contribution in [3.63, 3.8) is 0 Å². The number of nitrogens with zero attached hydrogens (tertiary/aromatic N) is 1. The normalized spacial score (nSPS) is 18.4. The van der Waals surface area contributed by atoms with Gasteiger partial charge in [-0.2, -0.15) is 0 Å². The Labute approximate surface area is 137 Å². The number of carboxylic acid groups (broad SMARTS) is 1. The molecule has 1 fully saturated rings. The van der Waals surface area contributed by atoms with Crippen molar-refractivity contribution in [3.8, 4) is 0 Å². The highest BCUT2D eigenvalue weighted by Crippen LogP contribution is 2.19. The minimum atomic E-state index is -0.750. The zero-order valence-corrected chi connectivity index (χ0v) is 13.9. The minimum absolute atomic E-state index is 0.0564. The highest BCUT2D eigenvalue weighted by molar-refractivity contribution is 5.79. The molecule has 1 saturated heterocycles. The molecule has 1 heterocycles. The Morgan fingerprint density at radius 2 is 1.83 bits per heavy atom. The summed E-state index contributed by atoms with van der Waals surface area (Å²) in [5, 5.41) is 12.3. The van der Waals surface area contributed by atoms with Crippen molar-refractivity contribution in [2.75, 3.05) is 19.6 Å². The van der Waals surface area contributed by atoms with Crippen LogP contribution in [0.5, 0.6) is 0 Å². The highest BCUT2D eigenvalue weighted by atomic mass is 16.4. The van der Waals surface area contributed by atoms with Crippen LogP contribution in [-0.4, -0.2) is 47.6 Å². The van der Waals surface area contributed by atoms with Crippen LogP contribution in [-0.2, 0) is 9.59 Å². The van der Waals surface area contributed by atoms with Gasteiger partial charge in [-0.15, -0.1) is 0 Å². The second-order valence-corrected chi connectivity index (χ2v) is 6.36. The van der Waals surface area contributed by atoms with E-state index in [-0.39, 0.29) is 17.9 Å². The fourth-order valence-corrected chi connectivity index (χ4v) is 2.96. The predicted octanol–water partition coefficient (Wildman–Crippen LogP) is 2.09. The number of hydrogen-bond acceptors (Lipinski definition) is 3. The largest absolute Gasteiger partial charge is 0.481 e. The summed E-state index contributed by atoms with van der Waals surface area (Å²) in [6.45, 7) is 5.62. The molecule has 1 aromatic carbocycles. The Kier molecular flexibility index (Phi) is 6.16. The number of carbonyl (C=O) groups excluding carboxylic acids is 1. The number of nitrogens with one attached hydrogen (secondary N) is 1. The van der Waals surface area contributed by atoms with E-state index >= 15 is 0 Å². The topological polar surface area (TPSA) is 69.6 Å². The SMILES string of the molecule is C[C@H](c1ccccc1)[C@@H](C)NCC(=O)N1CCC(C(=O)O)CC1. The molecule has 0 unspecified atom stereocenters. The molecule has 23 heavy (non-hydrogen) atoms. The molecule has 1 aliphatic rings. The molecule has 0 bridgehead atoms. The Morgan fingerprint density at radius 1 is 1.22 bits per heavy atom. The number of likely N-dealkylation sites (tertiary alicyclic amines) is 1. The summed E-state index contributed by atoms with van der Waals surface area (Å²) in [7, 11) is 0. The first kappa shape index (κ1) is 17.5. The lowest BCUT2D eigenvalue weighted by atomic mass is 9.94. The standard InChI is InChI=1S/C18H26N2O3/c1-13(15-6-4-3-5-7-15)14(2)19-12-17(21)20-10-8-16(9-11-20)18(22)23/h3-7,13-14,16,19H,8-12H2,1-2H3,(H,22,23)/t13-,14+/m0/s1. The molecule has 5 heteroatoms. The number of benzene rings is 1. The van der Waals surface area contributed by atoms with Gasteiger partial charge in [-0.05, 0) is 31.2 Å². The maximum absolute atomic E-state index is 12.3. The molecule has 0 aromatic heterocycles. The molecule has 1 amide bonds. The Morgan fingerprint density at radius 3 is 2.39 bits per heavy atom. The molecule has 2 N–H and O–H groups in total. The first-order valence-electron chi connectivity index (χ1n) is 8.28. The predicted molar refractivity (Wildman–Crippen MR) is 89.3 cm³/mol. The summed E-state index contributed by atoms with van der Waals surface area (Å²) in [6, 6.07) is 10.4. The van der Waals surface area contributed by atoms with Crippen molar-refractivity contribution < 1.29 is 14.7 Å². The molecular weight excluding hydrogens is 292 g/mol. The Bertz CT molecular complexity index is 524. The Hall–Kier alpha value is -1.88. The summed E-state index contributed by atoms with van der Waals surface area (Å²) in [5.41, 5.74) is 1.25. The molecule has 0 saturated carbocycles. The molecule has 1 aromatic rings. The summed E-state index contributed by atoms with van der Waals surface area (Å²) >= 11 is 0. The third-order valence-corrected chi connectivity index (χ3v) is 4.85. The maximum atomic E-state index is 12.3. The van der Waals surface area contributed by atoms with Crippen LogP contribution in [0.4, 0.5) is 0 Å². The van der Waals surface area contributed by atoms with E-state index in [2.05, 4.69) is 31.3 Å². The zero-order valence-electron chi connectivity index (χ0n) is 13.9. The van der Waals surface area contributed by atoms with Crippen LogP contribution in [0.15, 0.2) is 30.3 Å². The number of carboxylic acids is 1. The number of rotatable bonds is 6. The third-order valence-electron chi connectivity index (χ3n) is 4.85. The molecule has 2 atom stereocenters. The number of aliphatic carboxylic acids is 1. The zero-order chi connectivity index (χ0) is 16.8. The van der Waals surface area contributed by atoms with Gasteiger partial charge in [-0.3, -0.25) is 9.59 Å². The minimum Gasteiger partial charge on any atom is -0.481 e. The smallest absolute Gasteiger partial charge is 0.306 e. The van der Waals surface area contributed by atoms with E-state index in [9.17, 15) is 9.59 Å². The molecule has 2 rings (SSSR count). The van der Waals surface area contributed by atoms with E-state index in [0.717, 1.165) is 0 Å². The van der Waals surface area contributed by atoms with Gasteiger partial charge in [-0.1, -0.05) is 37.3 Å². The van der Waals surface area contributed by atoms with Crippen LogP contribution in [0.3, 0.4) is 0 Å². The van der Waals surface area contributed by atoms with Gasteiger partial charge >= 0.3 is 5.97 Å². The molecule has 1 aliphatic heterocycles. The molecule has 0 aliphatic carbocycles. The molecule has 0 radical (unpaired) electrons. The first-order valence-corrected chi connectivity index (χ1v) is 8.28. The molecule has 126 valence electrons. The van der Waals surface area contributed by atoms with Crippen LogP contribution in [0, 0.1) is 5.92 Å². The maximum Gasteiger partial charge on any atom is 0.306 e. The van der Waals surface area contributed by atoms with Crippen molar-refractivity contribution in [2.24, 2.45) is 5.92 Å². The molecule has 5 nitrogen and oxygen atoms in total. The van der Waals surface area contributed by atoms with Gasteiger partial charge < -0.3 is 15.3 Å². The van der Waals surface area contributed by atoms with Crippen LogP contribution < -0.4 is 5.32 Å². The van der Waals surface area contributed by atoms with E-state index in [1.165, 1.54) is 5.56 Å². The second-order valence-electron chi connectivity index (χ2n) is 6.36. The lowest BCUT2D eigenvalue weighted by Gasteiger charge is -2.31. The second kappa shape index (κ2) is 8.11. The van der Waals surface area contributed by atoms with Crippen molar-refractivity contribution in [3.05, 3.63) is 35.9 Å². The summed E-state index contributed by atoms with van der Waals surface area (Å²) in [6.07, 6.45) is 1.11. The van der Waals surface area contributed by atoms with Crippen LogP contribution in [0.25, 0.3) is 0 Å². The summed E-state index contributed by atoms with van der Waals surface area (Å²) < 4.78 is 0. The van der Waals surface area contributed by atoms with Gasteiger partial charge in [0.2, 0.25) is 5.91 Å². The van der Waals surface area contributed by atoms with E-state index in [1.807, 2.05) is 18.2 Å². The fourth-order valence-electron chi connectivity index (χ4n) is 2.96. The Balaban J connectivity index is 1.77. The monoisotopic (exact) mass is 318 g/mol. The van der Waals surface area contributed by atoms with Gasteiger partial charge in [0.1, 0.15) is 0 Å². The van der Waals surface area contributed by atoms with Crippen LogP contribution in [0.2, 0.25) is 0 Å². The van der Waals surface area contributed by atoms with Gasteiger partial charge in [0.15, 0.2) is 0 Å². The van der Waals surface area contributed by atoms with Crippen LogP contribution >= 0.6 is 0 Å². The average molecular weight is 318 g/mol. The molecule has 0 spiro atoms. The van der Waals surface area contributed by atoms with Crippen molar-refractivity contribution in [2.45, 2.75) is 38.6 Å². The summed E-state index contributed by atoms with van der Waals surface area (Å²) in [5.74, 6) is -0.674. The van der Waals surface area contributed by atoms with E-state index in [1.54, 1.807) is 4.90 Å². The number of hydrogen-bond donors (Lipinski definition) is 2. The first-order chi connectivity index (χ1) is 11.0. The fraction of sp³-hybridized carbons (Fsp3) is 0.556. The van der Waals surface area contributed by atoms with E-state index in [4.69, 9.17) is 5.11 Å².